The zero-order chi connectivity index (χ0) is 24.8. The van der Waals surface area contributed by atoms with Gasteiger partial charge in [0.15, 0.2) is 6.10 Å². The molecule has 7 heteroatoms. The Morgan fingerprint density at radius 3 is 2.44 bits per heavy atom. The molecule has 1 amide bonds. The van der Waals surface area contributed by atoms with Crippen LogP contribution in [0, 0.1) is 13.8 Å². The highest BCUT2D eigenvalue weighted by atomic mass is 16.5. The molecule has 180 valence electrons. The van der Waals surface area contributed by atoms with Crippen LogP contribution in [0.3, 0.4) is 0 Å². The number of ether oxygens (including phenoxy) is 1. The van der Waals surface area contributed by atoms with Crippen LogP contribution < -0.4 is 15.7 Å². The van der Waals surface area contributed by atoms with Gasteiger partial charge in [-0.1, -0.05) is 50.1 Å². The Balaban J connectivity index is 1.83. The van der Waals surface area contributed by atoms with Gasteiger partial charge in [-0.15, -0.1) is 0 Å². The normalized spacial score (nSPS) is 12.8. The average Bonchev–Trinajstić information content (AvgIpc) is 2.81. The van der Waals surface area contributed by atoms with Gasteiger partial charge >= 0.3 is 11.6 Å². The number of hydrogen-bond acceptors (Lipinski definition) is 5. The van der Waals surface area contributed by atoms with Crippen molar-refractivity contribution >= 4 is 22.8 Å². The van der Waals surface area contributed by atoms with Crippen molar-refractivity contribution < 1.29 is 23.8 Å². The molecular formula is C27H31NO6. The number of unbranched alkanes of at least 4 members (excludes halogenated alkanes) is 1. The van der Waals surface area contributed by atoms with Gasteiger partial charge in [-0.3, -0.25) is 4.79 Å². The number of aliphatic carboxylic acids is 1. The quantitative estimate of drug-likeness (QED) is 0.426. The van der Waals surface area contributed by atoms with Crippen LogP contribution in [0.1, 0.15) is 55.4 Å². The predicted molar refractivity (Wildman–Crippen MR) is 130 cm³/mol. The number of fused-ring (bicyclic) bond motifs is 1. The molecule has 0 aliphatic rings. The largest absolute Gasteiger partial charge is 0.480 e. The van der Waals surface area contributed by atoms with Crippen LogP contribution >= 0.6 is 0 Å². The van der Waals surface area contributed by atoms with Crippen LogP contribution in [0.2, 0.25) is 0 Å². The van der Waals surface area contributed by atoms with Crippen molar-refractivity contribution in [3.05, 3.63) is 75.1 Å². The maximum Gasteiger partial charge on any atom is 0.340 e. The molecule has 0 saturated heterocycles. The minimum atomic E-state index is -1.07. The van der Waals surface area contributed by atoms with Gasteiger partial charge in [0.2, 0.25) is 0 Å². The van der Waals surface area contributed by atoms with Gasteiger partial charge in [-0.2, -0.15) is 0 Å². The Morgan fingerprint density at radius 2 is 1.79 bits per heavy atom. The van der Waals surface area contributed by atoms with E-state index in [1.807, 2.05) is 50.2 Å². The first-order valence-electron chi connectivity index (χ1n) is 11.5. The molecule has 3 rings (SSSR count). The third-order valence-electron chi connectivity index (χ3n) is 6.01. The zero-order valence-corrected chi connectivity index (χ0v) is 20.0. The first-order valence-corrected chi connectivity index (χ1v) is 11.5. The third-order valence-corrected chi connectivity index (χ3v) is 6.01. The molecule has 0 bridgehead atoms. The van der Waals surface area contributed by atoms with E-state index in [0.29, 0.717) is 41.7 Å². The van der Waals surface area contributed by atoms with Crippen LogP contribution in [0.15, 0.2) is 51.7 Å². The molecule has 0 aliphatic heterocycles. The summed E-state index contributed by atoms with van der Waals surface area (Å²) in [6, 6.07) is 12.3. The molecule has 2 N–H and O–H groups in total. The molecular weight excluding hydrogens is 434 g/mol. The molecule has 0 aliphatic carbocycles. The number of carboxylic acids is 1. The summed E-state index contributed by atoms with van der Waals surface area (Å²) >= 11 is 0. The highest BCUT2D eigenvalue weighted by Gasteiger charge is 2.24. The van der Waals surface area contributed by atoms with Gasteiger partial charge in [0.25, 0.3) is 5.91 Å². The van der Waals surface area contributed by atoms with E-state index < -0.39 is 29.6 Å². The summed E-state index contributed by atoms with van der Waals surface area (Å²) in [5.74, 6) is -1.19. The van der Waals surface area contributed by atoms with Crippen LogP contribution in [0.4, 0.5) is 0 Å². The number of amides is 1. The van der Waals surface area contributed by atoms with E-state index in [9.17, 15) is 19.5 Å². The fourth-order valence-electron chi connectivity index (χ4n) is 3.90. The van der Waals surface area contributed by atoms with Crippen LogP contribution in [0.25, 0.3) is 11.0 Å². The van der Waals surface area contributed by atoms with Gasteiger partial charge in [0.05, 0.1) is 0 Å². The van der Waals surface area contributed by atoms with Crippen molar-refractivity contribution in [3.63, 3.8) is 0 Å². The Kier molecular flexibility index (Phi) is 8.10. The fourth-order valence-corrected chi connectivity index (χ4v) is 3.90. The molecule has 2 atom stereocenters. The Morgan fingerprint density at radius 1 is 1.09 bits per heavy atom. The van der Waals surface area contributed by atoms with Crippen molar-refractivity contribution in [1.29, 1.82) is 0 Å². The predicted octanol–water partition coefficient (Wildman–Crippen LogP) is 4.53. The lowest BCUT2D eigenvalue weighted by Gasteiger charge is -2.20. The Hall–Kier alpha value is -3.61. The van der Waals surface area contributed by atoms with Crippen molar-refractivity contribution in [2.45, 2.75) is 65.5 Å². The SMILES string of the molecule is CCCC[C@H](NC(=O)[C@@H](C)Oc1ccc2c(C)c(Cc3ccccc3)c(=O)oc2c1C)C(=O)O. The van der Waals surface area contributed by atoms with Crippen LogP contribution in [0.5, 0.6) is 5.75 Å². The highest BCUT2D eigenvalue weighted by molar-refractivity contribution is 5.87. The average molecular weight is 466 g/mol. The number of nitrogens with one attached hydrogen (secondary N) is 1. The maximum atomic E-state index is 12.8. The second kappa shape index (κ2) is 11.0. The second-order valence-electron chi connectivity index (χ2n) is 8.52. The molecule has 2 aromatic carbocycles. The van der Waals surface area contributed by atoms with E-state index in [4.69, 9.17) is 9.15 Å². The lowest BCUT2D eigenvalue weighted by Crippen LogP contribution is -2.46. The van der Waals surface area contributed by atoms with Crippen LogP contribution in [-0.4, -0.2) is 29.1 Å². The molecule has 3 aromatic rings. The molecule has 34 heavy (non-hydrogen) atoms. The molecule has 7 nitrogen and oxygen atoms in total. The minimum absolute atomic E-state index is 0.356. The second-order valence-corrected chi connectivity index (χ2v) is 8.52. The molecule has 0 spiro atoms. The van der Waals surface area contributed by atoms with E-state index in [0.717, 1.165) is 22.9 Å². The van der Waals surface area contributed by atoms with Gasteiger partial charge in [0, 0.05) is 22.9 Å². The van der Waals surface area contributed by atoms with Gasteiger partial charge in [-0.25, -0.2) is 9.59 Å². The monoisotopic (exact) mass is 465 g/mol. The molecule has 1 aromatic heterocycles. The Labute approximate surface area is 198 Å². The summed E-state index contributed by atoms with van der Waals surface area (Å²) in [5.41, 5.74) is 3.08. The van der Waals surface area contributed by atoms with E-state index in [-0.39, 0.29) is 0 Å². The topological polar surface area (TPSA) is 106 Å². The summed E-state index contributed by atoms with van der Waals surface area (Å²) in [5, 5.41) is 12.7. The van der Waals surface area contributed by atoms with E-state index in [1.54, 1.807) is 19.9 Å². The summed E-state index contributed by atoms with van der Waals surface area (Å²) in [7, 11) is 0. The molecule has 0 radical (unpaired) electrons. The summed E-state index contributed by atoms with van der Waals surface area (Å²) in [4.78, 5) is 36.8. The molecule has 0 fully saturated rings. The third kappa shape index (κ3) is 5.65. The van der Waals surface area contributed by atoms with Gasteiger partial charge in [0.1, 0.15) is 17.4 Å². The van der Waals surface area contributed by atoms with Gasteiger partial charge < -0.3 is 19.6 Å². The number of carboxylic acid groups (broad SMARTS) is 1. The lowest BCUT2D eigenvalue weighted by atomic mass is 9.98. The van der Waals surface area contributed by atoms with E-state index in [2.05, 4.69) is 5.32 Å². The number of aryl methyl sites for hydroxylation is 2. The highest BCUT2D eigenvalue weighted by Crippen LogP contribution is 2.30. The van der Waals surface area contributed by atoms with E-state index in [1.165, 1.54) is 0 Å². The lowest BCUT2D eigenvalue weighted by molar-refractivity contribution is -0.143. The Bertz CT molecular complexity index is 1230. The summed E-state index contributed by atoms with van der Waals surface area (Å²) < 4.78 is 11.5. The van der Waals surface area contributed by atoms with Crippen molar-refractivity contribution in [3.8, 4) is 5.75 Å². The standard InChI is InChI=1S/C27H31NO6/c1-5-6-12-22(26(30)31)28-25(29)18(4)33-23-14-13-20-16(2)21(15-19-10-8-7-9-11-19)27(32)34-24(20)17(23)3/h7-11,13-14,18,22H,5-6,12,15H2,1-4H3,(H,28,29)(H,30,31)/t18-,22+/m1/s1. The first-order chi connectivity index (χ1) is 16.2. The van der Waals surface area contributed by atoms with Crippen LogP contribution in [-0.2, 0) is 16.0 Å². The van der Waals surface area contributed by atoms with Crippen molar-refractivity contribution in [2.24, 2.45) is 0 Å². The number of carbonyl (C=O) groups excluding carboxylic acids is 1. The number of benzene rings is 2. The van der Waals surface area contributed by atoms with E-state index >= 15 is 0 Å². The summed E-state index contributed by atoms with van der Waals surface area (Å²) in [6.45, 7) is 7.18. The summed E-state index contributed by atoms with van der Waals surface area (Å²) in [6.07, 6.45) is 1.43. The molecule has 0 saturated carbocycles. The fraction of sp³-hybridized carbons (Fsp3) is 0.370. The van der Waals surface area contributed by atoms with Gasteiger partial charge in [-0.05, 0) is 50.5 Å². The van der Waals surface area contributed by atoms with Crippen molar-refractivity contribution in [1.82, 2.24) is 5.32 Å². The van der Waals surface area contributed by atoms with Crippen molar-refractivity contribution in [2.75, 3.05) is 0 Å². The number of hydrogen-bond donors (Lipinski definition) is 2. The number of rotatable bonds is 10. The minimum Gasteiger partial charge on any atom is -0.480 e. The number of carbonyl (C=O) groups is 2. The first kappa shape index (κ1) is 25.0. The molecule has 0 unspecified atom stereocenters. The zero-order valence-electron chi connectivity index (χ0n) is 20.0. The maximum absolute atomic E-state index is 12.8. The molecule has 1 heterocycles. The smallest absolute Gasteiger partial charge is 0.340 e.